The summed E-state index contributed by atoms with van der Waals surface area (Å²) in [6, 6.07) is 6.66. The van der Waals surface area contributed by atoms with Crippen LogP contribution in [0.1, 0.15) is 10.4 Å². The van der Waals surface area contributed by atoms with Gasteiger partial charge in [-0.05, 0) is 12.1 Å². The lowest BCUT2D eigenvalue weighted by Gasteiger charge is -2.08. The van der Waals surface area contributed by atoms with Gasteiger partial charge in [-0.15, -0.1) is 23.2 Å². The second-order valence-corrected chi connectivity index (χ2v) is 4.16. The molecule has 0 amide bonds. The van der Waals surface area contributed by atoms with Crippen molar-refractivity contribution in [2.75, 3.05) is 12.5 Å². The van der Waals surface area contributed by atoms with E-state index < -0.39 is 5.97 Å². The quantitative estimate of drug-likeness (QED) is 0.618. The molecule has 0 aliphatic carbocycles. The Balaban J connectivity index is 2.58. The molecule has 1 aromatic rings. The van der Waals surface area contributed by atoms with Crippen molar-refractivity contribution in [2.45, 2.75) is 5.38 Å². The van der Waals surface area contributed by atoms with Crippen LogP contribution in [0.3, 0.4) is 0 Å². The molecule has 0 N–H and O–H groups in total. The lowest BCUT2D eigenvalue weighted by Crippen LogP contribution is -2.15. The predicted octanol–water partition coefficient (Wildman–Crippen LogP) is 3.34. The highest BCUT2D eigenvalue weighted by Gasteiger charge is 2.12. The molecular formula is C10H9Cl3O2. The van der Waals surface area contributed by atoms with Crippen LogP contribution >= 0.6 is 34.8 Å². The van der Waals surface area contributed by atoms with Crippen molar-refractivity contribution in [3.8, 4) is 0 Å². The number of carbonyl (C=O) groups is 1. The smallest absolute Gasteiger partial charge is 0.339 e. The fourth-order valence-electron chi connectivity index (χ4n) is 0.915. The second-order valence-electron chi connectivity index (χ2n) is 2.83. The molecule has 0 bridgehead atoms. The number of ether oxygens (including phenoxy) is 1. The molecule has 82 valence electrons. The van der Waals surface area contributed by atoms with Gasteiger partial charge in [0.15, 0.2) is 0 Å². The summed E-state index contributed by atoms with van der Waals surface area (Å²) in [5.74, 6) is -0.256. The van der Waals surface area contributed by atoms with E-state index in [4.69, 9.17) is 39.5 Å². The van der Waals surface area contributed by atoms with Crippen LogP contribution in [0.5, 0.6) is 0 Å². The van der Waals surface area contributed by atoms with Crippen molar-refractivity contribution >= 4 is 40.8 Å². The van der Waals surface area contributed by atoms with Gasteiger partial charge in [-0.2, -0.15) is 0 Å². The topological polar surface area (TPSA) is 26.3 Å². The number of rotatable bonds is 4. The molecule has 15 heavy (non-hydrogen) atoms. The van der Waals surface area contributed by atoms with Crippen molar-refractivity contribution in [3.05, 3.63) is 34.9 Å². The zero-order valence-electron chi connectivity index (χ0n) is 7.75. The van der Waals surface area contributed by atoms with Crippen molar-refractivity contribution in [3.63, 3.8) is 0 Å². The minimum atomic E-state index is -0.489. The Morgan fingerprint density at radius 2 is 2.07 bits per heavy atom. The molecule has 0 radical (unpaired) electrons. The highest BCUT2D eigenvalue weighted by molar-refractivity contribution is 6.33. The van der Waals surface area contributed by atoms with Crippen LogP contribution in [0.15, 0.2) is 24.3 Å². The third-order valence-electron chi connectivity index (χ3n) is 1.66. The Hall–Kier alpha value is -0.440. The maximum atomic E-state index is 11.5. The lowest BCUT2D eigenvalue weighted by atomic mass is 10.2. The number of halogens is 3. The van der Waals surface area contributed by atoms with Crippen molar-refractivity contribution in [2.24, 2.45) is 0 Å². The molecule has 0 spiro atoms. The van der Waals surface area contributed by atoms with Crippen LogP contribution in [0.2, 0.25) is 5.02 Å². The summed E-state index contributed by atoms with van der Waals surface area (Å²) in [6.07, 6.45) is 0. The molecule has 0 aliphatic rings. The van der Waals surface area contributed by atoms with E-state index in [2.05, 4.69) is 0 Å². The van der Waals surface area contributed by atoms with Crippen molar-refractivity contribution < 1.29 is 9.53 Å². The molecule has 0 saturated heterocycles. The first kappa shape index (κ1) is 12.6. The summed E-state index contributed by atoms with van der Waals surface area (Å²) in [5, 5.41) is -0.0161. The third-order valence-corrected chi connectivity index (χ3v) is 2.80. The molecule has 5 heteroatoms. The standard InChI is InChI=1S/C10H9Cl3O2/c11-5-7(12)6-15-10(14)8-3-1-2-4-9(8)13/h1-4,7H,5-6H2. The van der Waals surface area contributed by atoms with Crippen molar-refractivity contribution in [1.29, 1.82) is 0 Å². The molecule has 1 rings (SSSR count). The van der Waals surface area contributed by atoms with E-state index in [0.717, 1.165) is 0 Å². The summed E-state index contributed by atoms with van der Waals surface area (Å²) >= 11 is 17.0. The first-order valence-electron chi connectivity index (χ1n) is 4.27. The number of hydrogen-bond donors (Lipinski definition) is 0. The van der Waals surface area contributed by atoms with Gasteiger partial charge < -0.3 is 4.74 Å². The van der Waals surface area contributed by atoms with E-state index in [1.165, 1.54) is 0 Å². The summed E-state index contributed by atoms with van der Waals surface area (Å²) < 4.78 is 4.92. The number of alkyl halides is 2. The molecular weight excluding hydrogens is 258 g/mol. The molecule has 0 aromatic heterocycles. The summed E-state index contributed by atoms with van der Waals surface area (Å²) in [7, 11) is 0. The first-order chi connectivity index (χ1) is 7.15. The monoisotopic (exact) mass is 266 g/mol. The summed E-state index contributed by atoms with van der Waals surface area (Å²) in [4.78, 5) is 11.5. The number of hydrogen-bond acceptors (Lipinski definition) is 2. The van der Waals surface area contributed by atoms with E-state index in [1.54, 1.807) is 24.3 Å². The average molecular weight is 268 g/mol. The maximum absolute atomic E-state index is 11.5. The Labute approximate surface area is 103 Å². The Morgan fingerprint density at radius 3 is 2.67 bits per heavy atom. The third kappa shape index (κ3) is 3.90. The molecule has 0 saturated carbocycles. The molecule has 0 fully saturated rings. The fraction of sp³-hybridized carbons (Fsp3) is 0.300. The van der Waals surface area contributed by atoms with E-state index in [1.807, 2.05) is 0 Å². The van der Waals surface area contributed by atoms with Gasteiger partial charge in [0, 0.05) is 5.88 Å². The molecule has 2 nitrogen and oxygen atoms in total. The zero-order valence-corrected chi connectivity index (χ0v) is 10.0. The van der Waals surface area contributed by atoms with Crippen LogP contribution < -0.4 is 0 Å². The van der Waals surface area contributed by atoms with Gasteiger partial charge in [-0.3, -0.25) is 0 Å². The zero-order chi connectivity index (χ0) is 11.3. The van der Waals surface area contributed by atoms with E-state index in [0.29, 0.717) is 10.6 Å². The maximum Gasteiger partial charge on any atom is 0.339 e. The first-order valence-corrected chi connectivity index (χ1v) is 5.61. The predicted molar refractivity (Wildman–Crippen MR) is 62.1 cm³/mol. The van der Waals surface area contributed by atoms with Crippen LogP contribution in [0, 0.1) is 0 Å². The molecule has 1 unspecified atom stereocenters. The SMILES string of the molecule is O=C(OCC(Cl)CCl)c1ccccc1Cl. The van der Waals surface area contributed by atoms with E-state index >= 15 is 0 Å². The highest BCUT2D eigenvalue weighted by atomic mass is 35.5. The number of benzene rings is 1. The van der Waals surface area contributed by atoms with Crippen LogP contribution in [-0.4, -0.2) is 23.8 Å². The van der Waals surface area contributed by atoms with Gasteiger partial charge in [0.05, 0.1) is 16.0 Å². The minimum absolute atomic E-state index is 0.0785. The highest BCUT2D eigenvalue weighted by Crippen LogP contribution is 2.16. The van der Waals surface area contributed by atoms with Gasteiger partial charge in [0.1, 0.15) is 6.61 Å². The summed E-state index contributed by atoms with van der Waals surface area (Å²) in [6.45, 7) is 0.0785. The van der Waals surface area contributed by atoms with Crippen molar-refractivity contribution in [1.82, 2.24) is 0 Å². The Bertz CT molecular complexity index is 341. The molecule has 1 aromatic carbocycles. The van der Waals surface area contributed by atoms with Gasteiger partial charge in [-0.25, -0.2) is 4.79 Å². The van der Waals surface area contributed by atoms with Crippen LogP contribution in [-0.2, 0) is 4.74 Å². The van der Waals surface area contributed by atoms with Crippen LogP contribution in [0.4, 0.5) is 0 Å². The van der Waals surface area contributed by atoms with Crippen LogP contribution in [0.25, 0.3) is 0 Å². The lowest BCUT2D eigenvalue weighted by molar-refractivity contribution is 0.0509. The number of carbonyl (C=O) groups excluding carboxylic acids is 1. The van der Waals surface area contributed by atoms with Gasteiger partial charge in [-0.1, -0.05) is 23.7 Å². The van der Waals surface area contributed by atoms with E-state index in [-0.39, 0.29) is 17.9 Å². The van der Waals surface area contributed by atoms with Gasteiger partial charge >= 0.3 is 5.97 Å². The minimum Gasteiger partial charge on any atom is -0.460 e. The summed E-state index contributed by atoms with van der Waals surface area (Å²) in [5.41, 5.74) is 0.331. The van der Waals surface area contributed by atoms with Gasteiger partial charge in [0.25, 0.3) is 0 Å². The normalized spacial score (nSPS) is 12.2. The molecule has 1 atom stereocenters. The Kier molecular flexibility index (Phi) is 5.23. The molecule has 0 aliphatic heterocycles. The number of esters is 1. The fourth-order valence-corrected chi connectivity index (χ4v) is 1.28. The van der Waals surface area contributed by atoms with E-state index in [9.17, 15) is 4.79 Å². The van der Waals surface area contributed by atoms with Gasteiger partial charge in [0.2, 0.25) is 0 Å². The largest absolute Gasteiger partial charge is 0.460 e. The Morgan fingerprint density at radius 1 is 1.40 bits per heavy atom. The molecule has 0 heterocycles. The average Bonchev–Trinajstić information content (AvgIpc) is 2.26. The second kappa shape index (κ2) is 6.21.